The predicted molar refractivity (Wildman–Crippen MR) is 292 cm³/mol. The topological polar surface area (TPSA) is 344 Å². The average molecular weight is 1090 g/mol. The van der Waals surface area contributed by atoms with E-state index in [-0.39, 0.29) is 80.7 Å². The van der Waals surface area contributed by atoms with Crippen molar-refractivity contribution < 1.29 is 83.8 Å². The van der Waals surface area contributed by atoms with Gasteiger partial charge in [0.1, 0.15) is 41.9 Å². The van der Waals surface area contributed by atoms with Crippen molar-refractivity contribution >= 4 is 40.8 Å². The molecule has 0 spiro atoms. The van der Waals surface area contributed by atoms with Gasteiger partial charge in [0.05, 0.1) is 54.9 Å². The molecule has 3 rings (SSSR count). The molecule has 1 fully saturated rings. The van der Waals surface area contributed by atoms with Crippen LogP contribution in [0.1, 0.15) is 122 Å². The quantitative estimate of drug-likeness (QED) is 0.0660. The maximum atomic E-state index is 13.3. The van der Waals surface area contributed by atoms with Crippen LogP contribution in [0.5, 0.6) is 0 Å². The average Bonchev–Trinajstić information content (AvgIpc) is 3.39. The number of aliphatic hydroxyl groups is 7. The van der Waals surface area contributed by atoms with Gasteiger partial charge in [-0.05, 0) is 75.1 Å². The number of cyclic esters (lactones) is 1. The number of carboxylic acids is 1. The van der Waals surface area contributed by atoms with Crippen LogP contribution in [0.2, 0.25) is 0 Å². The van der Waals surface area contributed by atoms with E-state index in [1.54, 1.807) is 91.1 Å². The van der Waals surface area contributed by atoms with Crippen molar-refractivity contribution in [3.05, 3.63) is 115 Å². The summed E-state index contributed by atoms with van der Waals surface area (Å²) in [5, 5.41) is 85.4. The highest BCUT2D eigenvalue weighted by Gasteiger charge is 2.43. The van der Waals surface area contributed by atoms with Crippen LogP contribution in [-0.4, -0.2) is 149 Å². The second-order valence-corrected chi connectivity index (χ2v) is 20.7. The van der Waals surface area contributed by atoms with Gasteiger partial charge in [-0.1, -0.05) is 106 Å². The van der Waals surface area contributed by atoms with Gasteiger partial charge < -0.3 is 66.5 Å². The molecule has 1 aromatic carbocycles. The molecule has 2 aliphatic heterocycles. The molecule has 0 bridgehead atoms. The molecule has 432 valence electrons. The number of carbonyl (C=O) groups is 6. The molecule has 0 radical (unpaired) electrons. The molecule has 0 aliphatic carbocycles. The van der Waals surface area contributed by atoms with Crippen LogP contribution in [0.4, 0.5) is 5.69 Å². The highest BCUT2D eigenvalue weighted by atomic mass is 16.7. The fourth-order valence-electron chi connectivity index (χ4n) is 9.27. The minimum atomic E-state index is -1.88. The Balaban J connectivity index is 1.81. The highest BCUT2D eigenvalue weighted by molar-refractivity contribution is 5.97. The molecule has 1 aromatic rings. The number of aliphatic carboxylic acids is 1. The Morgan fingerprint density at radius 1 is 0.705 bits per heavy atom. The maximum absolute atomic E-state index is 13.3. The molecular formula is C59H84N2O17. The molecule has 78 heavy (non-hydrogen) atoms. The minimum Gasteiger partial charge on any atom is -0.481 e. The van der Waals surface area contributed by atoms with Crippen molar-refractivity contribution in [2.75, 3.05) is 5.73 Å². The molecule has 19 nitrogen and oxygen atoms in total. The maximum Gasteiger partial charge on any atom is 0.313 e. The normalized spacial score (nSPS) is 34.0. The lowest BCUT2D eigenvalue weighted by Gasteiger charge is -2.41. The van der Waals surface area contributed by atoms with E-state index in [4.69, 9.17) is 25.7 Å². The fraction of sp³-hybridized carbons (Fsp3) is 0.559. The van der Waals surface area contributed by atoms with Gasteiger partial charge in [-0.25, -0.2) is 0 Å². The smallest absolute Gasteiger partial charge is 0.313 e. The van der Waals surface area contributed by atoms with Crippen molar-refractivity contribution in [1.29, 1.82) is 0 Å². The summed E-state index contributed by atoms with van der Waals surface area (Å²) in [5.41, 5.74) is 12.7. The predicted octanol–water partition coefficient (Wildman–Crippen LogP) is 4.64. The number of hydrogen-bond acceptors (Lipinski definition) is 18. The first-order valence-corrected chi connectivity index (χ1v) is 26.8. The molecule has 16 atom stereocenters. The zero-order chi connectivity index (χ0) is 57.9. The van der Waals surface area contributed by atoms with Crippen LogP contribution in [-0.2, 0) is 38.2 Å². The Morgan fingerprint density at radius 2 is 1.24 bits per heavy atom. The van der Waals surface area contributed by atoms with Crippen molar-refractivity contribution in [2.24, 2.45) is 29.4 Å². The number of nitrogen functional groups attached to an aromatic ring is 1. The van der Waals surface area contributed by atoms with Gasteiger partial charge in [-0.2, -0.15) is 0 Å². The van der Waals surface area contributed by atoms with Crippen molar-refractivity contribution in [1.82, 2.24) is 0 Å². The first-order chi connectivity index (χ1) is 37.0. The number of hydrogen-bond donors (Lipinski definition) is 10. The number of nitrogens with two attached hydrogens (primary N) is 2. The number of anilines is 1. The summed E-state index contributed by atoms with van der Waals surface area (Å²) in [6, 6.07) is 5.29. The molecule has 19 heteroatoms. The Bertz CT molecular complexity index is 2270. The van der Waals surface area contributed by atoms with Crippen molar-refractivity contribution in [3.63, 3.8) is 0 Å². The largest absolute Gasteiger partial charge is 0.481 e. The van der Waals surface area contributed by atoms with Crippen molar-refractivity contribution in [2.45, 2.75) is 185 Å². The van der Waals surface area contributed by atoms with E-state index in [9.17, 15) is 69.6 Å². The van der Waals surface area contributed by atoms with Crippen LogP contribution >= 0.6 is 0 Å². The van der Waals surface area contributed by atoms with E-state index in [0.717, 1.165) is 0 Å². The van der Waals surface area contributed by atoms with Gasteiger partial charge in [0.15, 0.2) is 12.1 Å². The monoisotopic (exact) mass is 1090 g/mol. The number of benzene rings is 1. The zero-order valence-electron chi connectivity index (χ0n) is 45.2. The Labute approximate surface area is 457 Å². The summed E-state index contributed by atoms with van der Waals surface area (Å²) in [5.74, 6) is -6.97. The van der Waals surface area contributed by atoms with Gasteiger partial charge in [0.2, 0.25) is 0 Å². The third kappa shape index (κ3) is 24.6. The zero-order valence-corrected chi connectivity index (χ0v) is 45.2. The molecule has 2 heterocycles. The first kappa shape index (κ1) is 66.7. The summed E-state index contributed by atoms with van der Waals surface area (Å²) >= 11 is 0. The summed E-state index contributed by atoms with van der Waals surface area (Å²) in [6.07, 6.45) is 8.45. The van der Waals surface area contributed by atoms with E-state index in [2.05, 4.69) is 0 Å². The van der Waals surface area contributed by atoms with E-state index >= 15 is 0 Å². The highest BCUT2D eigenvalue weighted by Crippen LogP contribution is 2.29. The van der Waals surface area contributed by atoms with E-state index < -0.39 is 128 Å². The Hall–Kier alpha value is -5.58. The number of carboxylic acid groups (broad SMARTS) is 1. The Morgan fingerprint density at radius 3 is 1.82 bits per heavy atom. The molecule has 0 saturated carbocycles. The number of aliphatic hydroxyl groups excluding tert-OH is 7. The molecule has 11 unspecified atom stereocenters. The fourth-order valence-corrected chi connectivity index (χ4v) is 9.27. The molecule has 12 N–H and O–H groups in total. The number of allylic oxidation sites excluding steroid dienone is 12. The number of rotatable bonds is 10. The van der Waals surface area contributed by atoms with Crippen LogP contribution in [0.15, 0.2) is 109 Å². The number of ketones is 4. The first-order valence-electron chi connectivity index (χ1n) is 26.8. The number of esters is 1. The van der Waals surface area contributed by atoms with E-state index in [1.165, 1.54) is 19.1 Å². The van der Waals surface area contributed by atoms with E-state index in [0.29, 0.717) is 17.7 Å². The summed E-state index contributed by atoms with van der Waals surface area (Å²) in [7, 11) is 0. The number of ether oxygens (including phenoxy) is 3. The Kier molecular flexibility index (Phi) is 30.0. The second-order valence-electron chi connectivity index (χ2n) is 20.7. The standard InChI is InChI=1S/C59H84N2O17/c1-36-19-15-13-11-9-7-5-6-8-10-12-14-16-24-47(77-59-56(73)54(61)55(72)39(4)76-59)34-51(70)53(58(74)75)50(69)32-46(66)31-44(64)22-17-20-42(62)30-43(63)21-18-23-45(65)33-52(71)78-57(36)38(3)29-37(2)48(67)35-49(68)40-25-27-41(60)28-26-40/h5-16,19,24-28,36-39,42,44,47-48,50-51,53-57,59,62,64,67,69-70,72-73H,17-18,20-23,29-35,60-61H2,1-4H3,(H,74,75)/b6-5+,9-7+,10-8+,13-11+,14-12+,19-15+,24-16+/t36?,37?,38?,39-,42?,44?,47?,48?,50?,51?,53?,54+,55-,56+,57?,59+/m1/s1. The molecule has 1 saturated heterocycles. The third-order valence-corrected chi connectivity index (χ3v) is 13.8. The van der Waals surface area contributed by atoms with Crippen LogP contribution in [0, 0.1) is 23.7 Å². The molecule has 0 aromatic heterocycles. The molecule has 2 aliphatic rings. The SMILES string of the molecule is CC1/C=C/C=C/C=C/C=C/C=C/C=C/C=C/C(O[C@@H]2O[C@H](C)[C@@H](O)[C@H](N)[C@@H]2O)CC(O)C(C(=O)O)C(O)CC(=O)CC(O)CCCC(O)CC(=O)CCCC(=O)CC(=O)OC1C(C)CC(C)C(O)CC(=O)c1ccc(N)cc1. The molecule has 0 amide bonds. The van der Waals surface area contributed by atoms with Crippen LogP contribution < -0.4 is 11.5 Å². The lowest BCUT2D eigenvalue weighted by atomic mass is 9.83. The van der Waals surface area contributed by atoms with Crippen LogP contribution in [0.3, 0.4) is 0 Å². The van der Waals surface area contributed by atoms with Gasteiger partial charge in [-0.3, -0.25) is 28.8 Å². The third-order valence-electron chi connectivity index (χ3n) is 13.8. The van der Waals surface area contributed by atoms with E-state index in [1.807, 2.05) is 26.8 Å². The van der Waals surface area contributed by atoms with Crippen molar-refractivity contribution in [3.8, 4) is 0 Å². The lowest BCUT2D eigenvalue weighted by Crippen LogP contribution is -2.61. The summed E-state index contributed by atoms with van der Waals surface area (Å²) < 4.78 is 17.5. The van der Waals surface area contributed by atoms with Gasteiger partial charge in [0, 0.05) is 62.1 Å². The number of Topliss-reactive ketones (excluding diaryl/α,β-unsaturated/α-hetero) is 4. The second kappa shape index (κ2) is 35.1. The minimum absolute atomic E-state index is 0.0275. The van der Waals surface area contributed by atoms with Gasteiger partial charge in [0.25, 0.3) is 0 Å². The summed E-state index contributed by atoms with van der Waals surface area (Å²) in [4.78, 5) is 77.2. The van der Waals surface area contributed by atoms with Gasteiger partial charge in [-0.15, -0.1) is 0 Å². The molecular weight excluding hydrogens is 1010 g/mol. The lowest BCUT2D eigenvalue weighted by molar-refractivity contribution is -0.277. The van der Waals surface area contributed by atoms with Gasteiger partial charge >= 0.3 is 11.9 Å². The number of carbonyl (C=O) groups excluding carboxylic acids is 5. The summed E-state index contributed by atoms with van der Waals surface area (Å²) in [6.45, 7) is 7.07. The van der Waals surface area contributed by atoms with Crippen LogP contribution in [0.25, 0.3) is 0 Å².